The summed E-state index contributed by atoms with van der Waals surface area (Å²) in [5.74, 6) is 0.228. The van der Waals surface area contributed by atoms with E-state index in [0.717, 1.165) is 42.7 Å². The van der Waals surface area contributed by atoms with Gasteiger partial charge in [0.2, 0.25) is 5.91 Å². The molecule has 1 amide bonds. The summed E-state index contributed by atoms with van der Waals surface area (Å²) < 4.78 is 0. The highest BCUT2D eigenvalue weighted by atomic mass is 16.2. The summed E-state index contributed by atoms with van der Waals surface area (Å²) in [6.07, 6.45) is 3.56. The van der Waals surface area contributed by atoms with Crippen molar-refractivity contribution >= 4 is 17.3 Å². The van der Waals surface area contributed by atoms with Gasteiger partial charge in [-0.3, -0.25) is 4.79 Å². The van der Waals surface area contributed by atoms with Crippen LogP contribution in [0.2, 0.25) is 0 Å². The third-order valence-corrected chi connectivity index (χ3v) is 3.11. The molecule has 0 aromatic heterocycles. The molecule has 0 radical (unpaired) electrons. The molecule has 1 aromatic carbocycles. The van der Waals surface area contributed by atoms with E-state index in [1.807, 2.05) is 23.1 Å². The minimum Gasteiger partial charge on any atom is -0.398 e. The molecule has 3 nitrogen and oxygen atoms in total. The smallest absolute Gasteiger partial charge is 0.226 e. The molecule has 0 aliphatic carbocycles. The molecule has 2 N–H and O–H groups in total. The van der Waals surface area contributed by atoms with E-state index in [9.17, 15) is 4.79 Å². The number of carbonyl (C=O) groups excluding carboxylic acids is 1. The van der Waals surface area contributed by atoms with Gasteiger partial charge in [-0.2, -0.15) is 0 Å². The van der Waals surface area contributed by atoms with Gasteiger partial charge in [0.25, 0.3) is 0 Å². The molecule has 0 fully saturated rings. The average molecular weight is 218 g/mol. The number of benzene rings is 1. The van der Waals surface area contributed by atoms with Crippen molar-refractivity contribution < 1.29 is 4.79 Å². The highest BCUT2D eigenvalue weighted by molar-refractivity contribution is 5.96. The molecule has 1 aliphatic heterocycles. The summed E-state index contributed by atoms with van der Waals surface area (Å²) >= 11 is 0. The average Bonchev–Trinajstić information content (AvgIpc) is 2.71. The molecule has 0 bridgehead atoms. The van der Waals surface area contributed by atoms with E-state index in [0.29, 0.717) is 6.42 Å². The summed E-state index contributed by atoms with van der Waals surface area (Å²) in [5, 5.41) is 0. The topological polar surface area (TPSA) is 46.3 Å². The number of amides is 1. The van der Waals surface area contributed by atoms with Gasteiger partial charge in [-0.15, -0.1) is 0 Å². The lowest BCUT2D eigenvalue weighted by Gasteiger charge is -2.17. The Bertz CT molecular complexity index is 401. The fraction of sp³-hybridized carbons (Fsp3) is 0.462. The predicted molar refractivity (Wildman–Crippen MR) is 66.4 cm³/mol. The molecule has 3 heteroatoms. The minimum atomic E-state index is 0.228. The van der Waals surface area contributed by atoms with E-state index in [-0.39, 0.29) is 5.91 Å². The van der Waals surface area contributed by atoms with Crippen LogP contribution in [-0.4, -0.2) is 12.5 Å². The fourth-order valence-corrected chi connectivity index (χ4v) is 2.18. The Hall–Kier alpha value is -1.51. The van der Waals surface area contributed by atoms with Crippen LogP contribution in [0.4, 0.5) is 11.4 Å². The molecule has 0 saturated carbocycles. The van der Waals surface area contributed by atoms with E-state index in [4.69, 9.17) is 5.73 Å². The number of rotatable bonds is 3. The second-order valence-electron chi connectivity index (χ2n) is 4.24. The lowest BCUT2D eigenvalue weighted by atomic mass is 10.1. The quantitative estimate of drug-likeness (QED) is 0.791. The molecule has 0 atom stereocenters. The number of nitrogen functional groups attached to an aromatic ring is 1. The monoisotopic (exact) mass is 218 g/mol. The standard InChI is InChI=1S/C13H18N2O/c1-2-3-7-13(16)15-9-8-10-11(14)5-4-6-12(10)15/h4-6H,2-3,7-9,14H2,1H3. The zero-order valence-electron chi connectivity index (χ0n) is 9.70. The van der Waals surface area contributed by atoms with Gasteiger partial charge in [-0.1, -0.05) is 19.4 Å². The molecule has 1 heterocycles. The Balaban J connectivity index is 2.17. The highest BCUT2D eigenvalue weighted by Gasteiger charge is 2.24. The molecule has 16 heavy (non-hydrogen) atoms. The van der Waals surface area contributed by atoms with Gasteiger partial charge in [0.1, 0.15) is 0 Å². The molecule has 0 spiro atoms. The first kappa shape index (κ1) is 11.0. The third-order valence-electron chi connectivity index (χ3n) is 3.11. The SMILES string of the molecule is CCCCC(=O)N1CCc2c(N)cccc21. The minimum absolute atomic E-state index is 0.228. The van der Waals surface area contributed by atoms with Crippen LogP contribution in [-0.2, 0) is 11.2 Å². The van der Waals surface area contributed by atoms with Crippen molar-refractivity contribution in [1.29, 1.82) is 0 Å². The van der Waals surface area contributed by atoms with Crippen molar-refractivity contribution in [2.75, 3.05) is 17.2 Å². The fourth-order valence-electron chi connectivity index (χ4n) is 2.18. The summed E-state index contributed by atoms with van der Waals surface area (Å²) in [6, 6.07) is 5.81. The molecular weight excluding hydrogens is 200 g/mol. The van der Waals surface area contributed by atoms with Crippen LogP contribution in [0.1, 0.15) is 31.7 Å². The Morgan fingerprint density at radius 2 is 2.31 bits per heavy atom. The van der Waals surface area contributed by atoms with E-state index in [2.05, 4.69) is 6.92 Å². The third kappa shape index (κ3) is 1.90. The number of nitrogens with zero attached hydrogens (tertiary/aromatic N) is 1. The van der Waals surface area contributed by atoms with Crippen molar-refractivity contribution in [3.05, 3.63) is 23.8 Å². The summed E-state index contributed by atoms with van der Waals surface area (Å²) in [7, 11) is 0. The maximum Gasteiger partial charge on any atom is 0.226 e. The van der Waals surface area contributed by atoms with Crippen LogP contribution >= 0.6 is 0 Å². The van der Waals surface area contributed by atoms with Gasteiger partial charge >= 0.3 is 0 Å². The Morgan fingerprint density at radius 3 is 3.06 bits per heavy atom. The zero-order valence-corrected chi connectivity index (χ0v) is 9.70. The maximum atomic E-state index is 12.0. The first-order chi connectivity index (χ1) is 7.74. The molecule has 2 rings (SSSR count). The van der Waals surface area contributed by atoms with Gasteiger partial charge in [-0.05, 0) is 25.0 Å². The van der Waals surface area contributed by atoms with E-state index in [1.165, 1.54) is 0 Å². The second-order valence-corrected chi connectivity index (χ2v) is 4.24. The number of unbranched alkanes of at least 4 members (excludes halogenated alkanes) is 1. The molecular formula is C13H18N2O. The lowest BCUT2D eigenvalue weighted by molar-refractivity contribution is -0.118. The van der Waals surface area contributed by atoms with E-state index >= 15 is 0 Å². The van der Waals surface area contributed by atoms with Gasteiger partial charge in [0, 0.05) is 29.9 Å². The lowest BCUT2D eigenvalue weighted by Crippen LogP contribution is -2.28. The van der Waals surface area contributed by atoms with Gasteiger partial charge in [0.15, 0.2) is 0 Å². The van der Waals surface area contributed by atoms with Gasteiger partial charge in [-0.25, -0.2) is 0 Å². The molecule has 1 aromatic rings. The highest BCUT2D eigenvalue weighted by Crippen LogP contribution is 2.32. The molecule has 86 valence electrons. The van der Waals surface area contributed by atoms with Gasteiger partial charge in [0.05, 0.1) is 0 Å². The Kier molecular flexibility index (Phi) is 3.13. The Morgan fingerprint density at radius 1 is 1.50 bits per heavy atom. The van der Waals surface area contributed by atoms with E-state index in [1.54, 1.807) is 0 Å². The van der Waals surface area contributed by atoms with Crippen LogP contribution in [0, 0.1) is 0 Å². The predicted octanol–water partition coefficient (Wildman–Crippen LogP) is 2.35. The number of fused-ring (bicyclic) bond motifs is 1. The number of carbonyl (C=O) groups is 1. The summed E-state index contributed by atoms with van der Waals surface area (Å²) in [6.45, 7) is 2.88. The largest absolute Gasteiger partial charge is 0.398 e. The number of hydrogen-bond donors (Lipinski definition) is 1. The number of anilines is 2. The first-order valence-electron chi connectivity index (χ1n) is 5.91. The normalized spacial score (nSPS) is 13.9. The maximum absolute atomic E-state index is 12.0. The van der Waals surface area contributed by atoms with Crippen molar-refractivity contribution in [3.63, 3.8) is 0 Å². The van der Waals surface area contributed by atoms with Crippen molar-refractivity contribution in [2.24, 2.45) is 0 Å². The molecule has 1 aliphatic rings. The second kappa shape index (κ2) is 4.56. The van der Waals surface area contributed by atoms with Crippen molar-refractivity contribution in [1.82, 2.24) is 0 Å². The molecule has 0 unspecified atom stereocenters. The van der Waals surface area contributed by atoms with Crippen LogP contribution in [0.15, 0.2) is 18.2 Å². The zero-order chi connectivity index (χ0) is 11.5. The first-order valence-corrected chi connectivity index (χ1v) is 5.91. The summed E-state index contributed by atoms with van der Waals surface area (Å²) in [5.41, 5.74) is 8.85. The van der Waals surface area contributed by atoms with Crippen LogP contribution in [0.25, 0.3) is 0 Å². The van der Waals surface area contributed by atoms with E-state index < -0.39 is 0 Å². The van der Waals surface area contributed by atoms with Crippen LogP contribution in [0.5, 0.6) is 0 Å². The summed E-state index contributed by atoms with van der Waals surface area (Å²) in [4.78, 5) is 13.8. The Labute approximate surface area is 96.2 Å². The van der Waals surface area contributed by atoms with Gasteiger partial charge < -0.3 is 10.6 Å². The number of nitrogens with two attached hydrogens (primary N) is 1. The van der Waals surface area contributed by atoms with Crippen molar-refractivity contribution in [3.8, 4) is 0 Å². The van der Waals surface area contributed by atoms with Crippen LogP contribution < -0.4 is 10.6 Å². The number of hydrogen-bond acceptors (Lipinski definition) is 2. The van der Waals surface area contributed by atoms with Crippen molar-refractivity contribution in [2.45, 2.75) is 32.6 Å². The van der Waals surface area contributed by atoms with Crippen LogP contribution in [0.3, 0.4) is 0 Å². The molecule has 0 saturated heterocycles.